The molecule has 1 amide bonds. The Hall–Kier alpha value is -2.29. The minimum absolute atomic E-state index is 0.188. The van der Waals surface area contributed by atoms with E-state index in [9.17, 15) is 4.79 Å². The number of likely N-dealkylation sites (tertiary alicyclic amines) is 1. The van der Waals surface area contributed by atoms with Crippen molar-refractivity contribution in [2.45, 2.75) is 44.7 Å². The number of fused-ring (bicyclic) bond motifs is 1. The summed E-state index contributed by atoms with van der Waals surface area (Å²) in [5, 5.41) is 3.69. The van der Waals surface area contributed by atoms with Gasteiger partial charge in [0.15, 0.2) is 0 Å². The molecule has 2 heterocycles. The molecule has 0 saturated carbocycles. The molecule has 1 saturated heterocycles. The molecule has 2 atom stereocenters. The van der Waals surface area contributed by atoms with Gasteiger partial charge in [0.2, 0.25) is 5.91 Å². The van der Waals surface area contributed by atoms with E-state index >= 15 is 0 Å². The van der Waals surface area contributed by atoms with Gasteiger partial charge in [-0.3, -0.25) is 4.79 Å². The summed E-state index contributed by atoms with van der Waals surface area (Å²) in [6, 6.07) is 17.7. The van der Waals surface area contributed by atoms with Crippen LogP contribution in [-0.2, 0) is 11.2 Å². The lowest BCUT2D eigenvalue weighted by Crippen LogP contribution is -2.35. The molecule has 3 nitrogen and oxygen atoms in total. The van der Waals surface area contributed by atoms with Crippen LogP contribution in [0.2, 0.25) is 0 Å². The average molecular weight is 320 g/mol. The van der Waals surface area contributed by atoms with E-state index < -0.39 is 0 Å². The molecule has 2 aliphatic heterocycles. The van der Waals surface area contributed by atoms with Crippen molar-refractivity contribution in [1.82, 2.24) is 4.90 Å². The first-order chi connectivity index (χ1) is 11.8. The predicted molar refractivity (Wildman–Crippen MR) is 96.9 cm³/mol. The molecule has 0 aromatic heterocycles. The highest BCUT2D eigenvalue weighted by Crippen LogP contribution is 2.43. The first-order valence-electron chi connectivity index (χ1n) is 9.00. The van der Waals surface area contributed by atoms with Crippen LogP contribution < -0.4 is 5.32 Å². The van der Waals surface area contributed by atoms with Crippen molar-refractivity contribution in [3.63, 3.8) is 0 Å². The molecule has 1 N–H and O–H groups in total. The van der Waals surface area contributed by atoms with E-state index in [0.717, 1.165) is 25.8 Å². The number of anilines is 1. The number of hydrogen-bond donors (Lipinski definition) is 1. The van der Waals surface area contributed by atoms with Gasteiger partial charge in [-0.25, -0.2) is 0 Å². The lowest BCUT2D eigenvalue weighted by molar-refractivity contribution is -0.130. The summed E-state index contributed by atoms with van der Waals surface area (Å²) in [6.45, 7) is 3.07. The third kappa shape index (κ3) is 2.68. The van der Waals surface area contributed by atoms with Gasteiger partial charge in [-0.05, 0) is 42.0 Å². The van der Waals surface area contributed by atoms with E-state index in [-0.39, 0.29) is 12.1 Å². The fourth-order valence-corrected chi connectivity index (χ4v) is 4.03. The number of benzene rings is 2. The molecule has 2 unspecified atom stereocenters. The fourth-order valence-electron chi connectivity index (χ4n) is 4.03. The van der Waals surface area contributed by atoms with Gasteiger partial charge < -0.3 is 10.2 Å². The minimum atomic E-state index is 0.188. The van der Waals surface area contributed by atoms with Gasteiger partial charge in [-0.2, -0.15) is 0 Å². The average Bonchev–Trinajstić information content (AvgIpc) is 3.07. The summed E-state index contributed by atoms with van der Waals surface area (Å²) in [5.41, 5.74) is 5.10. The molecule has 2 aromatic rings. The number of carbonyl (C=O) groups is 1. The maximum atomic E-state index is 12.4. The monoisotopic (exact) mass is 320 g/mol. The molecule has 0 aliphatic carbocycles. The smallest absolute Gasteiger partial charge is 0.223 e. The number of rotatable bonds is 3. The summed E-state index contributed by atoms with van der Waals surface area (Å²) in [7, 11) is 0. The number of hydrogen-bond acceptors (Lipinski definition) is 2. The lowest BCUT2D eigenvalue weighted by Gasteiger charge is -2.38. The van der Waals surface area contributed by atoms with Crippen molar-refractivity contribution >= 4 is 11.6 Å². The van der Waals surface area contributed by atoms with E-state index in [2.05, 4.69) is 65.7 Å². The normalized spacial score (nSPS) is 23.0. The number of aryl methyl sites for hydroxylation is 1. The number of nitrogens with one attached hydrogen (secondary N) is 1. The molecule has 24 heavy (non-hydrogen) atoms. The van der Waals surface area contributed by atoms with Crippen molar-refractivity contribution < 1.29 is 4.79 Å². The van der Waals surface area contributed by atoms with Gasteiger partial charge in [0.05, 0.1) is 12.1 Å². The Morgan fingerprint density at radius 1 is 1.17 bits per heavy atom. The third-order valence-corrected chi connectivity index (χ3v) is 5.36. The number of carbonyl (C=O) groups excluding carboxylic acids is 1. The SMILES string of the molecule is CCc1ccc2c(c1)C(N1CCCC1=O)CC(c1ccccc1)N2. The lowest BCUT2D eigenvalue weighted by atomic mass is 9.87. The highest BCUT2D eigenvalue weighted by Gasteiger charge is 2.35. The highest BCUT2D eigenvalue weighted by molar-refractivity contribution is 5.79. The van der Waals surface area contributed by atoms with E-state index in [1.165, 1.54) is 22.4 Å². The van der Waals surface area contributed by atoms with Crippen molar-refractivity contribution in [3.05, 3.63) is 65.2 Å². The molecule has 124 valence electrons. The Morgan fingerprint density at radius 2 is 2.00 bits per heavy atom. The van der Waals surface area contributed by atoms with Crippen molar-refractivity contribution in [2.75, 3.05) is 11.9 Å². The summed E-state index contributed by atoms with van der Waals surface area (Å²) < 4.78 is 0. The van der Waals surface area contributed by atoms with Crippen LogP contribution in [0.5, 0.6) is 0 Å². The van der Waals surface area contributed by atoms with E-state index in [4.69, 9.17) is 0 Å². The molecule has 0 spiro atoms. The second-order valence-corrected chi connectivity index (χ2v) is 6.82. The maximum absolute atomic E-state index is 12.4. The Kier molecular flexibility index (Phi) is 4.01. The van der Waals surface area contributed by atoms with Crippen molar-refractivity contribution in [3.8, 4) is 0 Å². The van der Waals surface area contributed by atoms with Gasteiger partial charge in [-0.1, -0.05) is 49.4 Å². The van der Waals surface area contributed by atoms with Crippen LogP contribution in [0.25, 0.3) is 0 Å². The number of nitrogens with zero attached hydrogens (tertiary/aromatic N) is 1. The predicted octanol–water partition coefficient (Wildman–Crippen LogP) is 4.47. The van der Waals surface area contributed by atoms with E-state index in [0.29, 0.717) is 12.3 Å². The van der Waals surface area contributed by atoms with Gasteiger partial charge in [0.1, 0.15) is 0 Å². The Morgan fingerprint density at radius 3 is 2.71 bits per heavy atom. The zero-order chi connectivity index (χ0) is 16.5. The molecule has 0 radical (unpaired) electrons. The maximum Gasteiger partial charge on any atom is 0.223 e. The first-order valence-corrected chi connectivity index (χ1v) is 9.00. The summed E-state index contributed by atoms with van der Waals surface area (Å²) in [5.74, 6) is 0.307. The standard InChI is InChI=1S/C21H24N2O/c1-2-15-10-11-18-17(13-15)20(23-12-6-9-21(23)24)14-19(22-18)16-7-4-3-5-8-16/h3-5,7-8,10-11,13,19-20,22H,2,6,9,12,14H2,1H3. The Bertz CT molecular complexity index is 741. The van der Waals surface area contributed by atoms with Gasteiger partial charge in [0, 0.05) is 18.7 Å². The third-order valence-electron chi connectivity index (χ3n) is 5.36. The first kappa shape index (κ1) is 15.3. The quantitative estimate of drug-likeness (QED) is 0.905. The molecular weight excluding hydrogens is 296 g/mol. The van der Waals surface area contributed by atoms with E-state index in [1.54, 1.807) is 0 Å². The second-order valence-electron chi connectivity index (χ2n) is 6.82. The van der Waals surface area contributed by atoms with Crippen LogP contribution in [0.3, 0.4) is 0 Å². The minimum Gasteiger partial charge on any atom is -0.378 e. The van der Waals surface area contributed by atoms with Crippen molar-refractivity contribution in [1.29, 1.82) is 0 Å². The fraction of sp³-hybridized carbons (Fsp3) is 0.381. The zero-order valence-corrected chi connectivity index (χ0v) is 14.2. The van der Waals surface area contributed by atoms with Crippen LogP contribution in [0.15, 0.2) is 48.5 Å². The van der Waals surface area contributed by atoms with Gasteiger partial charge in [-0.15, -0.1) is 0 Å². The highest BCUT2D eigenvalue weighted by atomic mass is 16.2. The van der Waals surface area contributed by atoms with Crippen molar-refractivity contribution in [2.24, 2.45) is 0 Å². The topological polar surface area (TPSA) is 32.3 Å². The Labute approximate surface area is 143 Å². The summed E-state index contributed by atoms with van der Waals surface area (Å²) in [4.78, 5) is 14.5. The van der Waals surface area contributed by atoms with Gasteiger partial charge >= 0.3 is 0 Å². The van der Waals surface area contributed by atoms with Crippen LogP contribution in [-0.4, -0.2) is 17.4 Å². The van der Waals surface area contributed by atoms with Gasteiger partial charge in [0.25, 0.3) is 0 Å². The van der Waals surface area contributed by atoms with Crippen LogP contribution in [0.4, 0.5) is 5.69 Å². The molecule has 2 aliphatic rings. The van der Waals surface area contributed by atoms with Crippen LogP contribution in [0, 0.1) is 0 Å². The Balaban J connectivity index is 1.74. The molecule has 3 heteroatoms. The van der Waals surface area contributed by atoms with E-state index in [1.807, 2.05) is 0 Å². The zero-order valence-electron chi connectivity index (χ0n) is 14.2. The molecular formula is C21H24N2O. The molecule has 4 rings (SSSR count). The van der Waals surface area contributed by atoms with Crippen LogP contribution >= 0.6 is 0 Å². The number of amides is 1. The summed E-state index contributed by atoms with van der Waals surface area (Å²) in [6.07, 6.45) is 3.65. The molecule has 1 fully saturated rings. The largest absolute Gasteiger partial charge is 0.378 e. The molecule has 2 aromatic carbocycles. The summed E-state index contributed by atoms with van der Waals surface area (Å²) >= 11 is 0. The molecule has 0 bridgehead atoms. The second kappa shape index (κ2) is 6.31. The van der Waals surface area contributed by atoms with Crippen LogP contribution in [0.1, 0.15) is 55.0 Å².